The van der Waals surface area contributed by atoms with E-state index in [0.29, 0.717) is 0 Å². The molecular weight excluding hydrogens is 202 g/mol. The van der Waals surface area contributed by atoms with Gasteiger partial charge in [-0.25, -0.2) is 0 Å². The van der Waals surface area contributed by atoms with E-state index in [0.717, 1.165) is 38.6 Å². The molecule has 0 spiro atoms. The summed E-state index contributed by atoms with van der Waals surface area (Å²) in [6, 6.07) is 0.191. The Morgan fingerprint density at radius 2 is 2.00 bits per heavy atom. The summed E-state index contributed by atoms with van der Waals surface area (Å²) in [5.74, 6) is 0.742. The molecule has 0 radical (unpaired) electrons. The van der Waals surface area contributed by atoms with Gasteiger partial charge in [-0.1, -0.05) is 0 Å². The molecule has 0 aromatic heterocycles. The maximum Gasteiger partial charge on any atom is 0.0804 e. The molecular formula is C13H25NO2. The monoisotopic (exact) mass is 227 g/mol. The number of hydrogen-bond acceptors (Lipinski definition) is 3. The molecule has 0 aliphatic carbocycles. The number of hydrogen-bond donors (Lipinski definition) is 1. The third kappa shape index (κ3) is 2.96. The molecule has 16 heavy (non-hydrogen) atoms. The second kappa shape index (κ2) is 5.48. The summed E-state index contributed by atoms with van der Waals surface area (Å²) >= 11 is 0. The van der Waals surface area contributed by atoms with Gasteiger partial charge in [-0.3, -0.25) is 0 Å². The zero-order valence-electron chi connectivity index (χ0n) is 10.4. The first-order valence-electron chi connectivity index (χ1n) is 6.68. The molecule has 2 saturated heterocycles. The quantitative estimate of drug-likeness (QED) is 0.803. The minimum Gasteiger partial charge on any atom is -0.381 e. The Morgan fingerprint density at radius 3 is 2.62 bits per heavy atom. The highest BCUT2D eigenvalue weighted by molar-refractivity contribution is 4.90. The Kier molecular flexibility index (Phi) is 4.22. The average Bonchev–Trinajstić information content (AvgIpc) is 2.31. The van der Waals surface area contributed by atoms with E-state index in [1.54, 1.807) is 0 Å². The van der Waals surface area contributed by atoms with Gasteiger partial charge in [0.15, 0.2) is 0 Å². The molecule has 2 unspecified atom stereocenters. The Morgan fingerprint density at radius 1 is 1.25 bits per heavy atom. The molecule has 2 fully saturated rings. The first-order valence-corrected chi connectivity index (χ1v) is 6.68. The van der Waals surface area contributed by atoms with Crippen LogP contribution in [0.25, 0.3) is 0 Å². The Bertz CT molecular complexity index is 208. The molecule has 94 valence electrons. The molecule has 0 aromatic carbocycles. The number of rotatable bonds is 3. The van der Waals surface area contributed by atoms with Crippen LogP contribution in [0.4, 0.5) is 0 Å². The van der Waals surface area contributed by atoms with Crippen LogP contribution in [0.3, 0.4) is 0 Å². The molecule has 2 aliphatic heterocycles. The van der Waals surface area contributed by atoms with Crippen LogP contribution in [-0.2, 0) is 9.47 Å². The molecule has 2 atom stereocenters. The van der Waals surface area contributed by atoms with Crippen molar-refractivity contribution in [2.75, 3.05) is 19.8 Å². The van der Waals surface area contributed by atoms with E-state index in [4.69, 9.17) is 15.2 Å². The lowest BCUT2D eigenvalue weighted by Crippen LogP contribution is -2.50. The van der Waals surface area contributed by atoms with Crippen LogP contribution in [0.2, 0.25) is 0 Å². The largest absolute Gasteiger partial charge is 0.381 e. The van der Waals surface area contributed by atoms with E-state index in [9.17, 15) is 0 Å². The molecule has 2 N–H and O–H groups in total. The van der Waals surface area contributed by atoms with Gasteiger partial charge < -0.3 is 15.2 Å². The van der Waals surface area contributed by atoms with Crippen LogP contribution in [0, 0.1) is 5.92 Å². The minimum atomic E-state index is -0.0729. The summed E-state index contributed by atoms with van der Waals surface area (Å²) in [6.07, 6.45) is 7.02. The molecule has 0 amide bonds. The lowest BCUT2D eigenvalue weighted by atomic mass is 9.81. The number of nitrogens with two attached hydrogens (primary N) is 1. The van der Waals surface area contributed by atoms with E-state index in [1.807, 2.05) is 0 Å². The van der Waals surface area contributed by atoms with Crippen molar-refractivity contribution in [2.45, 2.75) is 57.1 Å². The van der Waals surface area contributed by atoms with Crippen LogP contribution in [-0.4, -0.2) is 31.5 Å². The molecule has 0 aromatic rings. The van der Waals surface area contributed by atoms with Gasteiger partial charge in [0.05, 0.1) is 5.60 Å². The van der Waals surface area contributed by atoms with Crippen molar-refractivity contribution in [3.05, 3.63) is 0 Å². The third-order valence-electron chi connectivity index (χ3n) is 4.21. The molecule has 0 saturated carbocycles. The van der Waals surface area contributed by atoms with Crippen molar-refractivity contribution in [1.82, 2.24) is 0 Å². The van der Waals surface area contributed by atoms with Gasteiger partial charge in [-0.15, -0.1) is 0 Å². The van der Waals surface area contributed by atoms with Crippen LogP contribution < -0.4 is 5.73 Å². The Hall–Kier alpha value is -0.120. The summed E-state index contributed by atoms with van der Waals surface area (Å²) in [5, 5.41) is 0. The van der Waals surface area contributed by atoms with E-state index in [2.05, 4.69) is 6.92 Å². The highest BCUT2D eigenvalue weighted by Gasteiger charge is 2.35. The lowest BCUT2D eigenvalue weighted by molar-refractivity contribution is -0.0871. The van der Waals surface area contributed by atoms with Gasteiger partial charge in [0.25, 0.3) is 0 Å². The second-order valence-corrected chi connectivity index (χ2v) is 5.52. The SMILES string of the molecule is CC1(C(N)CC2CCOCC2)CCCCO1. The summed E-state index contributed by atoms with van der Waals surface area (Å²) < 4.78 is 11.3. The molecule has 3 nitrogen and oxygen atoms in total. The zero-order valence-corrected chi connectivity index (χ0v) is 10.4. The summed E-state index contributed by atoms with van der Waals surface area (Å²) in [4.78, 5) is 0. The van der Waals surface area contributed by atoms with Crippen LogP contribution in [0.15, 0.2) is 0 Å². The maximum absolute atomic E-state index is 6.35. The molecule has 2 rings (SSSR count). The fraction of sp³-hybridized carbons (Fsp3) is 1.00. The van der Waals surface area contributed by atoms with Gasteiger partial charge >= 0.3 is 0 Å². The van der Waals surface area contributed by atoms with Gasteiger partial charge in [0.1, 0.15) is 0 Å². The summed E-state index contributed by atoms with van der Waals surface area (Å²) in [6.45, 7) is 4.90. The summed E-state index contributed by atoms with van der Waals surface area (Å²) in [5.41, 5.74) is 6.27. The van der Waals surface area contributed by atoms with E-state index >= 15 is 0 Å². The van der Waals surface area contributed by atoms with Gasteiger partial charge in [0, 0.05) is 25.9 Å². The van der Waals surface area contributed by atoms with E-state index in [1.165, 1.54) is 25.7 Å². The van der Waals surface area contributed by atoms with Crippen LogP contribution in [0.5, 0.6) is 0 Å². The normalized spacial score (nSPS) is 34.9. The lowest BCUT2D eigenvalue weighted by Gasteiger charge is -2.40. The molecule has 2 heterocycles. The van der Waals surface area contributed by atoms with Crippen molar-refractivity contribution in [3.63, 3.8) is 0 Å². The van der Waals surface area contributed by atoms with E-state index in [-0.39, 0.29) is 11.6 Å². The topological polar surface area (TPSA) is 44.5 Å². The molecule has 3 heteroatoms. The maximum atomic E-state index is 6.35. The fourth-order valence-electron chi connectivity index (χ4n) is 2.84. The Balaban J connectivity index is 1.83. The van der Waals surface area contributed by atoms with E-state index < -0.39 is 0 Å². The predicted molar refractivity (Wildman–Crippen MR) is 64.3 cm³/mol. The van der Waals surface area contributed by atoms with Crippen molar-refractivity contribution in [2.24, 2.45) is 11.7 Å². The standard InChI is InChI=1S/C13H25NO2/c1-13(6-2-3-7-16-13)12(14)10-11-4-8-15-9-5-11/h11-12H,2-10,14H2,1H3. The average molecular weight is 227 g/mol. The van der Waals surface area contributed by atoms with Crippen molar-refractivity contribution >= 4 is 0 Å². The van der Waals surface area contributed by atoms with Gasteiger partial charge in [-0.2, -0.15) is 0 Å². The Labute approximate surface area is 98.7 Å². The first-order chi connectivity index (χ1) is 7.71. The minimum absolute atomic E-state index is 0.0729. The van der Waals surface area contributed by atoms with Crippen LogP contribution in [0.1, 0.15) is 45.4 Å². The predicted octanol–water partition coefficient (Wildman–Crippen LogP) is 2.09. The van der Waals surface area contributed by atoms with Crippen molar-refractivity contribution < 1.29 is 9.47 Å². The summed E-state index contributed by atoms with van der Waals surface area (Å²) in [7, 11) is 0. The number of ether oxygens (including phenoxy) is 2. The van der Waals surface area contributed by atoms with Gasteiger partial charge in [0.2, 0.25) is 0 Å². The first kappa shape index (κ1) is 12.3. The third-order valence-corrected chi connectivity index (χ3v) is 4.21. The van der Waals surface area contributed by atoms with Crippen molar-refractivity contribution in [3.8, 4) is 0 Å². The van der Waals surface area contributed by atoms with Gasteiger partial charge in [-0.05, 0) is 51.4 Å². The molecule has 0 bridgehead atoms. The van der Waals surface area contributed by atoms with Crippen LogP contribution >= 0.6 is 0 Å². The fourth-order valence-corrected chi connectivity index (χ4v) is 2.84. The highest BCUT2D eigenvalue weighted by atomic mass is 16.5. The smallest absolute Gasteiger partial charge is 0.0804 e. The molecule has 2 aliphatic rings. The highest BCUT2D eigenvalue weighted by Crippen LogP contribution is 2.31. The second-order valence-electron chi connectivity index (χ2n) is 5.52. The van der Waals surface area contributed by atoms with Crippen molar-refractivity contribution in [1.29, 1.82) is 0 Å². The zero-order chi connectivity index (χ0) is 11.4.